The summed E-state index contributed by atoms with van der Waals surface area (Å²) in [5.74, 6) is 0. The highest BCUT2D eigenvalue weighted by Crippen LogP contribution is 2.29. The van der Waals surface area contributed by atoms with E-state index in [-0.39, 0.29) is 11.2 Å². The molecule has 2 N–H and O–H groups in total. The molecule has 1 unspecified atom stereocenters. The van der Waals surface area contributed by atoms with E-state index in [9.17, 15) is 8.42 Å². The molecule has 1 atom stereocenters. The van der Waals surface area contributed by atoms with Crippen LogP contribution in [-0.4, -0.2) is 59.4 Å². The minimum Gasteiger partial charge on any atom is -0.399 e. The number of anilines is 1. The molecule has 1 aliphatic heterocycles. The molecule has 2 aromatic rings. The second-order valence-electron chi connectivity index (χ2n) is 6.93. The van der Waals surface area contributed by atoms with Crippen molar-refractivity contribution in [2.24, 2.45) is 0 Å². The largest absolute Gasteiger partial charge is 0.399 e. The Morgan fingerprint density at radius 3 is 2.69 bits per heavy atom. The van der Waals surface area contributed by atoms with Crippen LogP contribution in [0.2, 0.25) is 0 Å². The van der Waals surface area contributed by atoms with E-state index in [2.05, 4.69) is 23.7 Å². The van der Waals surface area contributed by atoms with E-state index in [1.54, 1.807) is 27.1 Å². The van der Waals surface area contributed by atoms with E-state index in [4.69, 9.17) is 5.73 Å². The number of sulfonamides is 1. The summed E-state index contributed by atoms with van der Waals surface area (Å²) in [5, 5.41) is 0.139. The lowest BCUT2D eigenvalue weighted by molar-refractivity contribution is 0.256. The van der Waals surface area contributed by atoms with Gasteiger partial charge < -0.3 is 15.2 Å². The molecule has 3 rings (SSSR count). The van der Waals surface area contributed by atoms with E-state index in [1.165, 1.54) is 0 Å². The number of imidazole rings is 1. The van der Waals surface area contributed by atoms with E-state index in [0.717, 1.165) is 38.0 Å². The van der Waals surface area contributed by atoms with Crippen molar-refractivity contribution in [1.29, 1.82) is 0 Å². The molecule has 0 saturated heterocycles. The molecule has 1 aromatic carbocycles. The zero-order valence-corrected chi connectivity index (χ0v) is 16.7. The Balaban J connectivity index is 1.79. The Bertz CT molecular complexity index is 873. The van der Waals surface area contributed by atoms with Crippen LogP contribution < -0.4 is 5.73 Å². The van der Waals surface area contributed by atoms with Crippen LogP contribution in [0, 0.1) is 0 Å². The number of nitrogen functional groups attached to an aromatic ring is 1. The molecule has 144 valence electrons. The molecule has 8 heteroatoms. The van der Waals surface area contributed by atoms with E-state index < -0.39 is 10.0 Å². The van der Waals surface area contributed by atoms with E-state index in [1.807, 2.05) is 6.92 Å². The topological polar surface area (TPSA) is 84.5 Å². The van der Waals surface area contributed by atoms with Gasteiger partial charge in [-0.15, -0.1) is 0 Å². The summed E-state index contributed by atoms with van der Waals surface area (Å²) in [4.78, 5) is 6.75. The predicted molar refractivity (Wildman–Crippen MR) is 105 cm³/mol. The highest BCUT2D eigenvalue weighted by atomic mass is 32.2. The van der Waals surface area contributed by atoms with Crippen molar-refractivity contribution in [1.82, 2.24) is 18.8 Å². The van der Waals surface area contributed by atoms with Gasteiger partial charge >= 0.3 is 0 Å². The first kappa shape index (κ1) is 19.1. The smallest absolute Gasteiger partial charge is 0.277 e. The molecule has 0 saturated carbocycles. The zero-order chi connectivity index (χ0) is 18.9. The standard InChI is InChI=1S/C18H29N5O2S/c1-4-21(5-2)10-6-7-14(3)23-12-11-22-17-13-15(19)8-9-16(17)20-18(22)26(23,24)25/h8-9,13-14H,4-7,10-12,19H2,1-3H3. The maximum atomic E-state index is 13.1. The number of aromatic nitrogens is 2. The molecule has 0 aliphatic carbocycles. The van der Waals surface area contributed by atoms with Gasteiger partial charge in [-0.2, -0.15) is 4.31 Å². The van der Waals surface area contributed by atoms with Gasteiger partial charge in [-0.25, -0.2) is 13.4 Å². The van der Waals surface area contributed by atoms with E-state index >= 15 is 0 Å². The summed E-state index contributed by atoms with van der Waals surface area (Å²) in [5.41, 5.74) is 7.94. The van der Waals surface area contributed by atoms with E-state index in [0.29, 0.717) is 24.3 Å². The molecule has 0 spiro atoms. The number of nitrogens with two attached hydrogens (primary N) is 1. The Morgan fingerprint density at radius 1 is 1.27 bits per heavy atom. The number of benzene rings is 1. The summed E-state index contributed by atoms with van der Waals surface area (Å²) in [6.45, 7) is 10.4. The van der Waals surface area contributed by atoms with Crippen molar-refractivity contribution in [3.05, 3.63) is 18.2 Å². The number of nitrogens with zero attached hydrogens (tertiary/aromatic N) is 4. The van der Waals surface area contributed by atoms with Gasteiger partial charge in [0.25, 0.3) is 10.0 Å². The normalized spacial score (nSPS) is 18.3. The lowest BCUT2D eigenvalue weighted by atomic mass is 10.1. The first-order valence-corrected chi connectivity index (χ1v) is 10.8. The van der Waals surface area contributed by atoms with Gasteiger partial charge in [-0.1, -0.05) is 13.8 Å². The Hall–Kier alpha value is -1.64. The molecular formula is C18H29N5O2S. The average Bonchev–Trinajstić information content (AvgIpc) is 2.98. The van der Waals surface area contributed by atoms with Crippen LogP contribution in [0.4, 0.5) is 5.69 Å². The quantitative estimate of drug-likeness (QED) is 0.745. The van der Waals surface area contributed by atoms with Crippen LogP contribution >= 0.6 is 0 Å². The third-order valence-electron chi connectivity index (χ3n) is 5.30. The molecule has 7 nitrogen and oxygen atoms in total. The molecule has 0 fully saturated rings. The molecular weight excluding hydrogens is 350 g/mol. The summed E-state index contributed by atoms with van der Waals surface area (Å²) >= 11 is 0. The highest BCUT2D eigenvalue weighted by molar-refractivity contribution is 7.89. The van der Waals surface area contributed by atoms with Crippen molar-refractivity contribution in [2.45, 2.75) is 51.4 Å². The second-order valence-corrected chi connectivity index (χ2v) is 8.71. The minimum absolute atomic E-state index is 0.0332. The second kappa shape index (κ2) is 7.54. The number of fused-ring (bicyclic) bond motifs is 3. The lowest BCUT2D eigenvalue weighted by Crippen LogP contribution is -2.45. The van der Waals surface area contributed by atoms with Gasteiger partial charge in [-0.05, 0) is 57.6 Å². The van der Waals surface area contributed by atoms with Gasteiger partial charge in [0.2, 0.25) is 5.16 Å². The fraction of sp³-hybridized carbons (Fsp3) is 0.611. The SMILES string of the molecule is CCN(CC)CCCC(C)N1CCn2c(nc3ccc(N)cc32)S1(=O)=O. The summed E-state index contributed by atoms with van der Waals surface area (Å²) < 4.78 is 29.6. The van der Waals surface area contributed by atoms with Crippen LogP contribution in [0.5, 0.6) is 0 Å². The molecule has 1 aromatic heterocycles. The molecule has 1 aliphatic rings. The fourth-order valence-corrected chi connectivity index (χ4v) is 5.50. The molecule has 0 amide bonds. The van der Waals surface area contributed by atoms with Crippen molar-refractivity contribution < 1.29 is 8.42 Å². The van der Waals surface area contributed by atoms with Crippen molar-refractivity contribution in [2.75, 3.05) is 31.9 Å². The molecule has 0 radical (unpaired) electrons. The number of hydrogen-bond acceptors (Lipinski definition) is 5. The van der Waals surface area contributed by atoms with Crippen LogP contribution in [0.1, 0.15) is 33.6 Å². The van der Waals surface area contributed by atoms with Gasteiger partial charge in [0, 0.05) is 24.8 Å². The fourth-order valence-electron chi connectivity index (χ4n) is 3.71. The van der Waals surface area contributed by atoms with Gasteiger partial charge in [0.1, 0.15) is 0 Å². The van der Waals surface area contributed by atoms with Crippen LogP contribution in [0.3, 0.4) is 0 Å². The summed E-state index contributed by atoms with van der Waals surface area (Å²) in [6.07, 6.45) is 1.84. The monoisotopic (exact) mass is 379 g/mol. The first-order valence-electron chi connectivity index (χ1n) is 9.38. The van der Waals surface area contributed by atoms with Crippen LogP contribution in [0.15, 0.2) is 23.4 Å². The van der Waals surface area contributed by atoms with Crippen molar-refractivity contribution >= 4 is 26.7 Å². The maximum Gasteiger partial charge on any atom is 0.277 e. The zero-order valence-electron chi connectivity index (χ0n) is 15.9. The molecule has 0 bridgehead atoms. The molecule has 2 heterocycles. The average molecular weight is 380 g/mol. The van der Waals surface area contributed by atoms with Crippen molar-refractivity contribution in [3.63, 3.8) is 0 Å². The third kappa shape index (κ3) is 3.45. The number of rotatable bonds is 7. The summed E-state index contributed by atoms with van der Waals surface area (Å²) in [7, 11) is -3.59. The lowest BCUT2D eigenvalue weighted by Gasteiger charge is -2.32. The van der Waals surface area contributed by atoms with Crippen molar-refractivity contribution in [3.8, 4) is 0 Å². The maximum absolute atomic E-state index is 13.1. The first-order chi connectivity index (χ1) is 12.4. The predicted octanol–water partition coefficient (Wildman–Crippen LogP) is 2.13. The van der Waals surface area contributed by atoms with Gasteiger partial charge in [0.05, 0.1) is 11.0 Å². The third-order valence-corrected chi connectivity index (χ3v) is 7.24. The van der Waals surface area contributed by atoms with Gasteiger partial charge in [0.15, 0.2) is 0 Å². The Labute approximate surface area is 155 Å². The Kier molecular flexibility index (Phi) is 5.55. The molecule has 26 heavy (non-hydrogen) atoms. The number of hydrogen-bond donors (Lipinski definition) is 1. The van der Waals surface area contributed by atoms with Crippen LogP contribution in [0.25, 0.3) is 11.0 Å². The van der Waals surface area contributed by atoms with Crippen LogP contribution in [-0.2, 0) is 16.6 Å². The minimum atomic E-state index is -3.59. The highest BCUT2D eigenvalue weighted by Gasteiger charge is 2.37. The summed E-state index contributed by atoms with van der Waals surface area (Å²) in [6, 6.07) is 5.30. The Morgan fingerprint density at radius 2 is 2.00 bits per heavy atom. The van der Waals surface area contributed by atoms with Gasteiger partial charge in [-0.3, -0.25) is 0 Å².